The number of rotatable bonds is 2. The van der Waals surface area contributed by atoms with Gasteiger partial charge >= 0.3 is 0 Å². The molecule has 0 fully saturated rings. The predicted molar refractivity (Wildman–Crippen MR) is 84.2 cm³/mol. The van der Waals surface area contributed by atoms with Crippen molar-refractivity contribution in [3.8, 4) is 11.9 Å². The van der Waals surface area contributed by atoms with Gasteiger partial charge in [-0.2, -0.15) is 5.26 Å². The maximum absolute atomic E-state index is 13.6. The van der Waals surface area contributed by atoms with Crippen LogP contribution in [0.15, 0.2) is 34.9 Å². The molecule has 0 aliphatic carbocycles. The van der Waals surface area contributed by atoms with Gasteiger partial charge in [-0.15, -0.1) is 0 Å². The first-order chi connectivity index (χ1) is 11.3. The number of nitriles is 1. The number of fused-ring (bicyclic) bond motifs is 1. The van der Waals surface area contributed by atoms with Gasteiger partial charge in [-0.25, -0.2) is 13.8 Å². The molecule has 1 aromatic carbocycles. The standard InChI is InChI=1S/C16H10BrF2N3O2/c1-16(9-4-11(18)7-12(19)5-9)15(23)22(3-2-20)13-6-10(17)8-21-14(13)24-16/h4-8H,3H2,1H3/t16-/m0/s1. The van der Waals surface area contributed by atoms with Gasteiger partial charge in [0.15, 0.2) is 0 Å². The normalized spacial score (nSPS) is 19.5. The van der Waals surface area contributed by atoms with E-state index in [-0.39, 0.29) is 18.0 Å². The summed E-state index contributed by atoms with van der Waals surface area (Å²) in [7, 11) is 0. The third kappa shape index (κ3) is 2.61. The monoisotopic (exact) mass is 393 g/mol. The molecule has 1 aliphatic heterocycles. The lowest BCUT2D eigenvalue weighted by Crippen LogP contribution is -2.52. The second-order valence-corrected chi connectivity index (χ2v) is 6.24. The molecular formula is C16H10BrF2N3O2. The summed E-state index contributed by atoms with van der Waals surface area (Å²) in [6.45, 7) is 1.14. The average Bonchev–Trinajstić information content (AvgIpc) is 2.52. The Morgan fingerprint density at radius 1 is 1.33 bits per heavy atom. The number of amides is 1. The molecule has 0 saturated heterocycles. The van der Waals surface area contributed by atoms with Gasteiger partial charge in [0.25, 0.3) is 5.91 Å². The molecule has 1 atom stereocenters. The van der Waals surface area contributed by atoms with Crippen molar-refractivity contribution in [1.29, 1.82) is 5.26 Å². The van der Waals surface area contributed by atoms with Gasteiger partial charge in [-0.05, 0) is 41.1 Å². The average molecular weight is 394 g/mol. The quantitative estimate of drug-likeness (QED) is 0.734. The van der Waals surface area contributed by atoms with Crippen LogP contribution in [0.3, 0.4) is 0 Å². The maximum atomic E-state index is 13.6. The Morgan fingerprint density at radius 2 is 2.00 bits per heavy atom. The summed E-state index contributed by atoms with van der Waals surface area (Å²) in [6.07, 6.45) is 1.46. The van der Waals surface area contributed by atoms with Crippen LogP contribution in [-0.2, 0) is 10.4 Å². The van der Waals surface area contributed by atoms with Gasteiger partial charge in [0.1, 0.15) is 23.9 Å². The molecule has 1 amide bonds. The topological polar surface area (TPSA) is 66.2 Å². The highest BCUT2D eigenvalue weighted by molar-refractivity contribution is 9.10. The number of pyridine rings is 1. The summed E-state index contributed by atoms with van der Waals surface area (Å²) >= 11 is 3.24. The lowest BCUT2D eigenvalue weighted by atomic mass is 9.92. The molecule has 0 N–H and O–H groups in total. The first-order valence-corrected chi connectivity index (χ1v) is 7.64. The van der Waals surface area contributed by atoms with E-state index in [9.17, 15) is 13.6 Å². The van der Waals surface area contributed by atoms with Crippen molar-refractivity contribution in [3.63, 3.8) is 0 Å². The molecule has 1 aliphatic rings. The lowest BCUT2D eigenvalue weighted by Gasteiger charge is -2.39. The van der Waals surface area contributed by atoms with E-state index in [4.69, 9.17) is 10.00 Å². The molecule has 8 heteroatoms. The van der Waals surface area contributed by atoms with Crippen LogP contribution in [-0.4, -0.2) is 17.4 Å². The van der Waals surface area contributed by atoms with E-state index in [0.717, 1.165) is 12.1 Å². The lowest BCUT2D eigenvalue weighted by molar-refractivity contribution is -0.135. The highest BCUT2D eigenvalue weighted by atomic mass is 79.9. The molecule has 3 rings (SSSR count). The summed E-state index contributed by atoms with van der Waals surface area (Å²) in [5.41, 5.74) is -1.39. The SMILES string of the molecule is C[C@@]1(c2cc(F)cc(F)c2)Oc2ncc(Br)cc2N(CC#N)C1=O. The third-order valence-electron chi connectivity index (χ3n) is 3.69. The van der Waals surface area contributed by atoms with Crippen molar-refractivity contribution in [1.82, 2.24) is 4.98 Å². The number of ether oxygens (including phenoxy) is 1. The summed E-state index contributed by atoms with van der Waals surface area (Å²) in [6, 6.07) is 6.24. The van der Waals surface area contributed by atoms with Crippen molar-refractivity contribution >= 4 is 27.5 Å². The zero-order chi connectivity index (χ0) is 17.5. The second kappa shape index (κ2) is 5.83. The van der Waals surface area contributed by atoms with Crippen molar-refractivity contribution in [3.05, 3.63) is 52.1 Å². The fourth-order valence-electron chi connectivity index (χ4n) is 2.53. The summed E-state index contributed by atoms with van der Waals surface area (Å²) in [5.74, 6) is -2.17. The number of hydrogen-bond donors (Lipinski definition) is 0. The number of carbonyl (C=O) groups excluding carboxylic acids is 1. The van der Waals surface area contributed by atoms with Crippen LogP contribution < -0.4 is 9.64 Å². The van der Waals surface area contributed by atoms with E-state index in [1.165, 1.54) is 18.0 Å². The number of anilines is 1. The second-order valence-electron chi connectivity index (χ2n) is 5.32. The summed E-state index contributed by atoms with van der Waals surface area (Å²) in [5, 5.41) is 9.02. The molecule has 0 radical (unpaired) electrons. The van der Waals surface area contributed by atoms with E-state index < -0.39 is 23.1 Å². The highest BCUT2D eigenvalue weighted by Crippen LogP contribution is 2.42. The molecule has 2 aromatic rings. The molecule has 0 spiro atoms. The zero-order valence-corrected chi connectivity index (χ0v) is 14.0. The molecule has 122 valence electrons. The fraction of sp³-hybridized carbons (Fsp3) is 0.188. The van der Waals surface area contributed by atoms with E-state index in [1.807, 2.05) is 6.07 Å². The molecule has 1 aromatic heterocycles. The number of nitrogens with zero attached hydrogens (tertiary/aromatic N) is 3. The smallest absolute Gasteiger partial charge is 0.276 e. The largest absolute Gasteiger partial charge is 0.455 e. The predicted octanol–water partition coefficient (Wildman–Crippen LogP) is 3.29. The Balaban J connectivity index is 2.18. The molecule has 0 unspecified atom stereocenters. The zero-order valence-electron chi connectivity index (χ0n) is 12.4. The minimum absolute atomic E-state index is 0.00306. The first-order valence-electron chi connectivity index (χ1n) is 6.85. The van der Waals surface area contributed by atoms with E-state index in [0.29, 0.717) is 16.2 Å². The molecule has 2 heterocycles. The van der Waals surface area contributed by atoms with Gasteiger partial charge in [0.2, 0.25) is 11.5 Å². The summed E-state index contributed by atoms with van der Waals surface area (Å²) < 4.78 is 33.5. The van der Waals surface area contributed by atoms with Gasteiger partial charge in [-0.3, -0.25) is 9.69 Å². The van der Waals surface area contributed by atoms with Crippen molar-refractivity contribution in [2.75, 3.05) is 11.4 Å². The number of halogens is 3. The minimum atomic E-state index is -1.70. The number of benzene rings is 1. The van der Waals surface area contributed by atoms with Crippen LogP contribution in [0.25, 0.3) is 0 Å². The Bertz CT molecular complexity index is 864. The van der Waals surface area contributed by atoms with Crippen LogP contribution >= 0.6 is 15.9 Å². The molecular weight excluding hydrogens is 384 g/mol. The fourth-order valence-corrected chi connectivity index (χ4v) is 2.85. The van der Waals surface area contributed by atoms with Crippen LogP contribution in [0.4, 0.5) is 14.5 Å². The first kappa shape index (κ1) is 16.3. The molecule has 0 saturated carbocycles. The Kier molecular flexibility index (Phi) is 3.97. The number of hydrogen-bond acceptors (Lipinski definition) is 4. The molecule has 5 nitrogen and oxygen atoms in total. The number of aromatic nitrogens is 1. The van der Waals surface area contributed by atoms with Gasteiger partial charge in [-0.1, -0.05) is 0 Å². The van der Waals surface area contributed by atoms with Crippen LogP contribution in [0.5, 0.6) is 5.88 Å². The van der Waals surface area contributed by atoms with E-state index >= 15 is 0 Å². The highest BCUT2D eigenvalue weighted by Gasteiger charge is 2.47. The molecule has 24 heavy (non-hydrogen) atoms. The van der Waals surface area contributed by atoms with Crippen molar-refractivity contribution in [2.45, 2.75) is 12.5 Å². The van der Waals surface area contributed by atoms with Crippen LogP contribution in [0.2, 0.25) is 0 Å². The third-order valence-corrected chi connectivity index (χ3v) is 4.12. The minimum Gasteiger partial charge on any atom is -0.455 e. The van der Waals surface area contributed by atoms with Gasteiger partial charge < -0.3 is 4.74 Å². The van der Waals surface area contributed by atoms with E-state index in [2.05, 4.69) is 20.9 Å². The Labute approximate surface area is 144 Å². The van der Waals surface area contributed by atoms with E-state index in [1.54, 1.807) is 6.07 Å². The van der Waals surface area contributed by atoms with Crippen LogP contribution in [0, 0.1) is 23.0 Å². The Morgan fingerprint density at radius 3 is 2.62 bits per heavy atom. The number of carbonyl (C=O) groups is 1. The van der Waals surface area contributed by atoms with Gasteiger partial charge in [0, 0.05) is 22.3 Å². The summed E-state index contributed by atoms with van der Waals surface area (Å²) in [4.78, 5) is 18.2. The Hall–Kier alpha value is -2.53. The molecule has 0 bridgehead atoms. The van der Waals surface area contributed by atoms with Gasteiger partial charge in [0.05, 0.1) is 6.07 Å². The van der Waals surface area contributed by atoms with Crippen molar-refractivity contribution in [2.24, 2.45) is 0 Å². The van der Waals surface area contributed by atoms with Crippen LogP contribution in [0.1, 0.15) is 12.5 Å². The van der Waals surface area contributed by atoms with Crippen molar-refractivity contribution < 1.29 is 18.3 Å². The maximum Gasteiger partial charge on any atom is 0.276 e.